The number of ether oxygens (including phenoxy) is 2. The van der Waals surface area contributed by atoms with Gasteiger partial charge in [0, 0.05) is 22.9 Å². The number of hydrogen-bond donors (Lipinski definition) is 2. The number of hydrogen-bond acceptors (Lipinski definition) is 8. The molecule has 0 unspecified atom stereocenters. The van der Waals surface area contributed by atoms with E-state index in [9.17, 15) is 19.2 Å². The van der Waals surface area contributed by atoms with E-state index in [1.165, 1.54) is 0 Å². The Morgan fingerprint density at radius 3 is 2.79 bits per heavy atom. The van der Waals surface area contributed by atoms with E-state index in [4.69, 9.17) is 20.2 Å². The highest BCUT2D eigenvalue weighted by atomic mass is 16.6. The highest BCUT2D eigenvalue weighted by Gasteiger charge is 2.50. The molecule has 1 atom stereocenters. The number of carbonyl (C=O) groups is 3. The Bertz CT molecular complexity index is 1500. The summed E-state index contributed by atoms with van der Waals surface area (Å²) < 4.78 is 12.7. The number of nitrogens with two attached hydrogens (primary N) is 1. The van der Waals surface area contributed by atoms with Gasteiger partial charge in [-0.15, -0.1) is 0 Å². The molecule has 0 aliphatic carbocycles. The van der Waals surface area contributed by atoms with Crippen molar-refractivity contribution in [2.75, 3.05) is 13.1 Å². The summed E-state index contributed by atoms with van der Waals surface area (Å²) in [4.78, 5) is 56.4. The van der Waals surface area contributed by atoms with Gasteiger partial charge >= 0.3 is 11.9 Å². The smallest absolute Gasteiger partial charge is 0.355 e. The Kier molecular flexibility index (Phi) is 6.98. The SMILES string of the molecule is CC[C@@]1(OC(=O)CNC(=O)CCCCCN)C(=O)OCc2c1cc1n(c2=O)Cc2cc3ccccc3nc2-1. The van der Waals surface area contributed by atoms with Gasteiger partial charge in [-0.25, -0.2) is 9.78 Å². The first-order valence-corrected chi connectivity index (χ1v) is 12.9. The number of aromatic nitrogens is 2. The largest absolute Gasteiger partial charge is 0.457 e. The van der Waals surface area contributed by atoms with Crippen LogP contribution in [0.15, 0.2) is 41.2 Å². The van der Waals surface area contributed by atoms with Crippen LogP contribution in [-0.2, 0) is 42.6 Å². The molecule has 10 heteroatoms. The summed E-state index contributed by atoms with van der Waals surface area (Å²) in [6, 6.07) is 11.4. The van der Waals surface area contributed by atoms with Crippen molar-refractivity contribution in [3.63, 3.8) is 0 Å². The monoisotopic (exact) mass is 518 g/mol. The highest BCUT2D eigenvalue weighted by Crippen LogP contribution is 2.40. The van der Waals surface area contributed by atoms with Gasteiger partial charge in [0.1, 0.15) is 13.2 Å². The van der Waals surface area contributed by atoms with E-state index in [0.717, 1.165) is 29.3 Å². The second-order valence-corrected chi connectivity index (χ2v) is 9.61. The fraction of sp³-hybridized carbons (Fsp3) is 0.393. The second kappa shape index (κ2) is 10.4. The van der Waals surface area contributed by atoms with Crippen LogP contribution in [0.25, 0.3) is 22.3 Å². The lowest BCUT2D eigenvalue weighted by atomic mass is 9.85. The molecule has 0 radical (unpaired) electrons. The van der Waals surface area contributed by atoms with Crippen LogP contribution < -0.4 is 16.6 Å². The predicted molar refractivity (Wildman–Crippen MR) is 139 cm³/mol. The summed E-state index contributed by atoms with van der Waals surface area (Å²) in [5.74, 6) is -1.83. The Hall–Kier alpha value is -4.05. The molecule has 10 nitrogen and oxygen atoms in total. The number of rotatable bonds is 9. The van der Waals surface area contributed by atoms with Crippen molar-refractivity contribution in [3.05, 3.63) is 63.4 Å². The average molecular weight is 519 g/mol. The normalized spacial score (nSPS) is 17.4. The number of pyridine rings is 2. The van der Waals surface area contributed by atoms with E-state index in [2.05, 4.69) is 5.32 Å². The van der Waals surface area contributed by atoms with Crippen molar-refractivity contribution in [2.45, 2.75) is 57.8 Å². The zero-order valence-corrected chi connectivity index (χ0v) is 21.2. The zero-order chi connectivity index (χ0) is 26.9. The number of nitrogens with zero attached hydrogens (tertiary/aromatic N) is 2. The highest BCUT2D eigenvalue weighted by molar-refractivity contribution is 5.89. The van der Waals surface area contributed by atoms with Crippen LogP contribution in [0, 0.1) is 0 Å². The van der Waals surface area contributed by atoms with Crippen LogP contribution in [0.2, 0.25) is 0 Å². The molecule has 3 aromatic rings. The number of nitrogens with one attached hydrogen (secondary N) is 1. The van der Waals surface area contributed by atoms with Crippen LogP contribution in [0.1, 0.15) is 55.7 Å². The molecule has 5 rings (SSSR count). The number of cyclic esters (lactones) is 1. The molecule has 2 aliphatic rings. The van der Waals surface area contributed by atoms with E-state index >= 15 is 0 Å². The van der Waals surface area contributed by atoms with Gasteiger partial charge in [-0.05, 0) is 44.0 Å². The van der Waals surface area contributed by atoms with Crippen molar-refractivity contribution in [2.24, 2.45) is 5.73 Å². The quantitative estimate of drug-likeness (QED) is 0.254. The molecule has 38 heavy (non-hydrogen) atoms. The zero-order valence-electron chi connectivity index (χ0n) is 21.2. The molecular weight excluding hydrogens is 488 g/mol. The molecule has 2 aliphatic heterocycles. The molecule has 3 N–H and O–H groups in total. The summed E-state index contributed by atoms with van der Waals surface area (Å²) in [7, 11) is 0. The van der Waals surface area contributed by atoms with Crippen LogP contribution in [0.3, 0.4) is 0 Å². The van der Waals surface area contributed by atoms with Gasteiger partial charge in [0.05, 0.1) is 29.0 Å². The third-order valence-electron chi connectivity index (χ3n) is 7.21. The minimum absolute atomic E-state index is 0.0541. The fourth-order valence-electron chi connectivity index (χ4n) is 5.18. The van der Waals surface area contributed by atoms with Crippen molar-refractivity contribution < 1.29 is 23.9 Å². The number of benzene rings is 1. The predicted octanol–water partition coefficient (Wildman–Crippen LogP) is 2.27. The Morgan fingerprint density at radius 1 is 1.18 bits per heavy atom. The number of carbonyl (C=O) groups excluding carboxylic acids is 3. The van der Waals surface area contributed by atoms with E-state index in [-0.39, 0.29) is 36.5 Å². The molecule has 0 spiro atoms. The average Bonchev–Trinajstić information content (AvgIpc) is 3.28. The third kappa shape index (κ3) is 4.45. The van der Waals surface area contributed by atoms with Crippen LogP contribution in [0.5, 0.6) is 0 Å². The summed E-state index contributed by atoms with van der Waals surface area (Å²) in [6.07, 6.45) is 2.63. The van der Waals surface area contributed by atoms with Gasteiger partial charge < -0.3 is 25.1 Å². The van der Waals surface area contributed by atoms with Gasteiger partial charge in [0.15, 0.2) is 0 Å². The molecule has 0 saturated heterocycles. The summed E-state index contributed by atoms with van der Waals surface area (Å²) in [5.41, 5.74) is 6.81. The Balaban J connectivity index is 1.45. The number of unbranched alkanes of at least 4 members (excludes halogenated alkanes) is 2. The molecule has 198 valence electrons. The maximum Gasteiger partial charge on any atom is 0.355 e. The van der Waals surface area contributed by atoms with Crippen LogP contribution in [0.4, 0.5) is 0 Å². The number of fused-ring (bicyclic) bond motifs is 5. The molecule has 0 bridgehead atoms. The first-order chi connectivity index (χ1) is 18.4. The first-order valence-electron chi connectivity index (χ1n) is 12.9. The summed E-state index contributed by atoms with van der Waals surface area (Å²) >= 11 is 0. The lowest BCUT2D eigenvalue weighted by molar-refractivity contribution is -0.189. The Morgan fingerprint density at radius 2 is 2.00 bits per heavy atom. The molecule has 0 saturated carbocycles. The first kappa shape index (κ1) is 25.6. The summed E-state index contributed by atoms with van der Waals surface area (Å²) in [5, 5.41) is 3.51. The van der Waals surface area contributed by atoms with Crippen LogP contribution >= 0.6 is 0 Å². The number of esters is 2. The lowest BCUT2D eigenvalue weighted by Crippen LogP contribution is -2.48. The molecule has 1 aromatic carbocycles. The standard InChI is InChI=1S/C28H30N4O6/c1-2-28(38-24(34)14-30-23(33)10-4-3-7-11-29)20-13-22-25-18(12-17-8-5-6-9-21(17)31-25)15-32(22)26(35)19(20)16-37-27(28)36/h5-6,8-9,12-13H,2-4,7,10-11,14-16,29H2,1H3,(H,30,33)/t28-/m0/s1. The maximum atomic E-state index is 13.6. The molecule has 1 amide bonds. The van der Waals surface area contributed by atoms with Crippen molar-refractivity contribution in [1.82, 2.24) is 14.9 Å². The minimum Gasteiger partial charge on any atom is -0.457 e. The van der Waals surface area contributed by atoms with Crippen molar-refractivity contribution in [1.29, 1.82) is 0 Å². The van der Waals surface area contributed by atoms with Gasteiger partial charge in [-0.2, -0.15) is 0 Å². The molecule has 4 heterocycles. The Labute approximate surface area is 219 Å². The fourth-order valence-corrected chi connectivity index (χ4v) is 5.18. The minimum atomic E-state index is -1.80. The van der Waals surface area contributed by atoms with Gasteiger partial charge in [-0.3, -0.25) is 14.4 Å². The van der Waals surface area contributed by atoms with Crippen LogP contribution in [-0.4, -0.2) is 40.5 Å². The molecular formula is C28H30N4O6. The van der Waals surface area contributed by atoms with E-state index in [1.54, 1.807) is 17.6 Å². The third-order valence-corrected chi connectivity index (χ3v) is 7.21. The van der Waals surface area contributed by atoms with Crippen molar-refractivity contribution in [3.8, 4) is 11.4 Å². The van der Waals surface area contributed by atoms with E-state index in [1.807, 2.05) is 30.3 Å². The maximum absolute atomic E-state index is 13.6. The van der Waals surface area contributed by atoms with Gasteiger partial charge in [-0.1, -0.05) is 31.5 Å². The molecule has 0 fully saturated rings. The lowest BCUT2D eigenvalue weighted by Gasteiger charge is -2.35. The van der Waals surface area contributed by atoms with E-state index < -0.39 is 24.1 Å². The topological polar surface area (TPSA) is 143 Å². The van der Waals surface area contributed by atoms with E-state index in [0.29, 0.717) is 36.5 Å². The number of amides is 1. The second-order valence-electron chi connectivity index (χ2n) is 9.61. The molecule has 2 aromatic heterocycles. The number of para-hydroxylation sites is 1. The van der Waals surface area contributed by atoms with Gasteiger partial charge in [0.2, 0.25) is 11.5 Å². The summed E-state index contributed by atoms with van der Waals surface area (Å²) in [6.45, 7) is 1.98. The van der Waals surface area contributed by atoms with Gasteiger partial charge in [0.25, 0.3) is 5.56 Å². The van der Waals surface area contributed by atoms with Crippen molar-refractivity contribution >= 4 is 28.7 Å².